The van der Waals surface area contributed by atoms with E-state index in [1.807, 2.05) is 60.7 Å². The molecule has 0 atom stereocenters. The molecule has 0 heterocycles. The lowest BCUT2D eigenvalue weighted by molar-refractivity contribution is 0.104. The number of methoxy groups -OCH3 is 4. The Labute approximate surface area is 194 Å². The average Bonchev–Trinajstić information content (AvgIpc) is 2.87. The summed E-state index contributed by atoms with van der Waals surface area (Å²) in [6.45, 7) is 0. The highest BCUT2D eigenvalue weighted by molar-refractivity contribution is 6.04. The molecule has 0 aliphatic heterocycles. The van der Waals surface area contributed by atoms with Crippen LogP contribution in [0.3, 0.4) is 0 Å². The van der Waals surface area contributed by atoms with Crippen molar-refractivity contribution in [3.05, 3.63) is 89.6 Å². The molecule has 1 N–H and O–H groups in total. The van der Waals surface area contributed by atoms with Crippen molar-refractivity contribution in [1.82, 2.24) is 0 Å². The van der Waals surface area contributed by atoms with Gasteiger partial charge in [0.2, 0.25) is 5.75 Å². The molecule has 0 bridgehead atoms. The summed E-state index contributed by atoms with van der Waals surface area (Å²) in [5.41, 5.74) is 3.20. The Morgan fingerprint density at radius 2 is 1.36 bits per heavy atom. The monoisotopic (exact) mass is 445 g/mol. The lowest BCUT2D eigenvalue weighted by Crippen LogP contribution is -1.97. The van der Waals surface area contributed by atoms with Crippen LogP contribution in [0.25, 0.3) is 12.2 Å². The molecule has 33 heavy (non-hydrogen) atoms. The van der Waals surface area contributed by atoms with Gasteiger partial charge >= 0.3 is 0 Å². The van der Waals surface area contributed by atoms with Gasteiger partial charge in [-0.1, -0.05) is 48.6 Å². The second kappa shape index (κ2) is 11.4. The van der Waals surface area contributed by atoms with Crippen LogP contribution < -0.4 is 24.3 Å². The van der Waals surface area contributed by atoms with Gasteiger partial charge in [0.15, 0.2) is 17.3 Å². The normalized spacial score (nSPS) is 10.9. The fraction of sp³-hybridized carbons (Fsp3) is 0.148. The summed E-state index contributed by atoms with van der Waals surface area (Å²) in [7, 11) is 6.35. The van der Waals surface area contributed by atoms with Crippen LogP contribution in [0.2, 0.25) is 0 Å². The quantitative estimate of drug-likeness (QED) is 0.245. The van der Waals surface area contributed by atoms with E-state index >= 15 is 0 Å². The van der Waals surface area contributed by atoms with Gasteiger partial charge in [-0.3, -0.25) is 4.79 Å². The zero-order valence-electron chi connectivity index (χ0n) is 19.1. The molecule has 0 spiro atoms. The van der Waals surface area contributed by atoms with Crippen LogP contribution in [-0.4, -0.2) is 34.2 Å². The molecule has 0 aliphatic rings. The molecular weight excluding hydrogens is 418 g/mol. The number of ketones is 1. The molecule has 6 nitrogen and oxygen atoms in total. The summed E-state index contributed by atoms with van der Waals surface area (Å²) in [6.07, 6.45) is 7.02. The Morgan fingerprint density at radius 3 is 1.97 bits per heavy atom. The van der Waals surface area contributed by atoms with Crippen molar-refractivity contribution in [2.75, 3.05) is 33.8 Å². The van der Waals surface area contributed by atoms with Gasteiger partial charge in [-0.2, -0.15) is 0 Å². The largest absolute Gasteiger partial charge is 0.495 e. The maximum Gasteiger partial charge on any atom is 0.203 e. The predicted molar refractivity (Wildman–Crippen MR) is 132 cm³/mol. The lowest BCUT2D eigenvalue weighted by Gasteiger charge is -2.13. The molecule has 0 unspecified atom stereocenters. The fourth-order valence-corrected chi connectivity index (χ4v) is 3.24. The minimum atomic E-state index is -0.0829. The Hall–Kier alpha value is -4.19. The number of rotatable bonds is 10. The number of anilines is 1. The summed E-state index contributed by atoms with van der Waals surface area (Å²) in [5, 5.41) is 3.14. The van der Waals surface area contributed by atoms with E-state index in [4.69, 9.17) is 18.9 Å². The van der Waals surface area contributed by atoms with Crippen LogP contribution in [0.15, 0.2) is 72.9 Å². The molecular formula is C27H27NO5. The first kappa shape index (κ1) is 23.5. The van der Waals surface area contributed by atoms with E-state index in [9.17, 15) is 4.79 Å². The van der Waals surface area contributed by atoms with Crippen molar-refractivity contribution in [2.24, 2.45) is 0 Å². The van der Waals surface area contributed by atoms with Crippen LogP contribution in [0, 0.1) is 0 Å². The molecule has 0 fully saturated rings. The number of benzene rings is 3. The van der Waals surface area contributed by atoms with Crippen molar-refractivity contribution in [3.63, 3.8) is 0 Å². The average molecular weight is 446 g/mol. The van der Waals surface area contributed by atoms with Crippen molar-refractivity contribution >= 4 is 23.6 Å². The Kier molecular flexibility index (Phi) is 8.13. The Balaban J connectivity index is 1.80. The molecule has 170 valence electrons. The topological polar surface area (TPSA) is 66.0 Å². The third kappa shape index (κ3) is 5.95. The van der Waals surface area contributed by atoms with Gasteiger partial charge in [-0.15, -0.1) is 0 Å². The Morgan fingerprint density at radius 1 is 0.727 bits per heavy atom. The van der Waals surface area contributed by atoms with Crippen LogP contribution >= 0.6 is 0 Å². The SMILES string of the molecule is COc1ccc(/C=C/c2cc(OC)c(OC)c(OC)c2)cc1N/C=C\C(=O)c1ccccc1. The van der Waals surface area contributed by atoms with Gasteiger partial charge in [-0.25, -0.2) is 0 Å². The van der Waals surface area contributed by atoms with E-state index in [-0.39, 0.29) is 5.78 Å². The van der Waals surface area contributed by atoms with E-state index in [1.165, 1.54) is 6.08 Å². The first-order valence-electron chi connectivity index (χ1n) is 10.3. The zero-order chi connectivity index (χ0) is 23.6. The molecule has 0 saturated heterocycles. The van der Waals surface area contributed by atoms with Gasteiger partial charge in [0.1, 0.15) is 5.75 Å². The standard InChI is InChI=1S/C27H27NO5/c1-30-24-13-12-19(10-11-20-17-25(31-2)27(33-4)26(18-20)32-3)16-22(24)28-15-14-23(29)21-8-6-5-7-9-21/h5-18,28H,1-4H3/b11-10+,15-14-. The molecule has 0 aromatic heterocycles. The first-order chi connectivity index (χ1) is 16.1. The second-order valence-electron chi connectivity index (χ2n) is 6.96. The summed E-state index contributed by atoms with van der Waals surface area (Å²) in [4.78, 5) is 12.3. The number of nitrogens with one attached hydrogen (secondary N) is 1. The maximum atomic E-state index is 12.3. The Bertz CT molecular complexity index is 1130. The first-order valence-corrected chi connectivity index (χ1v) is 10.3. The van der Waals surface area contributed by atoms with Gasteiger partial charge in [0.25, 0.3) is 0 Å². The van der Waals surface area contributed by atoms with E-state index in [0.717, 1.165) is 16.8 Å². The van der Waals surface area contributed by atoms with Crippen LogP contribution in [-0.2, 0) is 0 Å². The smallest absolute Gasteiger partial charge is 0.203 e. The third-order valence-corrected chi connectivity index (χ3v) is 4.91. The fourth-order valence-electron chi connectivity index (χ4n) is 3.24. The van der Waals surface area contributed by atoms with E-state index < -0.39 is 0 Å². The van der Waals surface area contributed by atoms with Crippen molar-refractivity contribution < 1.29 is 23.7 Å². The third-order valence-electron chi connectivity index (χ3n) is 4.91. The number of hydrogen-bond donors (Lipinski definition) is 1. The number of ether oxygens (including phenoxy) is 4. The highest BCUT2D eigenvalue weighted by Gasteiger charge is 2.12. The number of allylic oxidation sites excluding steroid dienone is 1. The van der Waals surface area contributed by atoms with Gasteiger partial charge in [0.05, 0.1) is 34.1 Å². The van der Waals surface area contributed by atoms with Crippen molar-refractivity contribution in [3.8, 4) is 23.0 Å². The van der Waals surface area contributed by atoms with Crippen LogP contribution in [0.5, 0.6) is 23.0 Å². The summed E-state index contributed by atoms with van der Waals surface area (Å²) in [6, 6.07) is 18.6. The number of hydrogen-bond acceptors (Lipinski definition) is 6. The second-order valence-corrected chi connectivity index (χ2v) is 6.96. The van der Waals surface area contributed by atoms with Crippen LogP contribution in [0.1, 0.15) is 21.5 Å². The predicted octanol–water partition coefficient (Wildman–Crippen LogP) is 5.70. The number of carbonyl (C=O) groups excluding carboxylic acids is 1. The zero-order valence-corrected chi connectivity index (χ0v) is 19.1. The summed E-state index contributed by atoms with van der Waals surface area (Å²) >= 11 is 0. The van der Waals surface area contributed by atoms with E-state index in [2.05, 4.69) is 5.32 Å². The molecule has 0 aliphatic carbocycles. The molecule has 6 heteroatoms. The highest BCUT2D eigenvalue weighted by Crippen LogP contribution is 2.38. The highest BCUT2D eigenvalue weighted by atomic mass is 16.5. The van der Waals surface area contributed by atoms with Crippen molar-refractivity contribution in [2.45, 2.75) is 0 Å². The lowest BCUT2D eigenvalue weighted by atomic mass is 10.1. The van der Waals surface area contributed by atoms with Crippen molar-refractivity contribution in [1.29, 1.82) is 0 Å². The van der Waals surface area contributed by atoms with Gasteiger partial charge in [-0.05, 0) is 35.4 Å². The maximum absolute atomic E-state index is 12.3. The minimum Gasteiger partial charge on any atom is -0.495 e. The number of carbonyl (C=O) groups is 1. The minimum absolute atomic E-state index is 0.0829. The van der Waals surface area contributed by atoms with E-state index in [0.29, 0.717) is 28.6 Å². The summed E-state index contributed by atoms with van der Waals surface area (Å²) < 4.78 is 21.6. The van der Waals surface area contributed by atoms with Crippen LogP contribution in [0.4, 0.5) is 5.69 Å². The molecule has 3 aromatic carbocycles. The molecule has 3 rings (SSSR count). The molecule has 0 saturated carbocycles. The summed E-state index contributed by atoms with van der Waals surface area (Å²) in [5.74, 6) is 2.30. The van der Waals surface area contributed by atoms with Gasteiger partial charge in [0, 0.05) is 17.8 Å². The molecule has 0 radical (unpaired) electrons. The molecule has 0 amide bonds. The van der Waals surface area contributed by atoms with Gasteiger partial charge < -0.3 is 24.3 Å². The van der Waals surface area contributed by atoms with E-state index in [1.54, 1.807) is 46.8 Å². The molecule has 3 aromatic rings.